The number of rotatable bonds is 6. The van der Waals surface area contributed by atoms with Gasteiger partial charge in [0.25, 0.3) is 0 Å². The second-order valence-corrected chi connectivity index (χ2v) is 5.03. The van der Waals surface area contributed by atoms with Gasteiger partial charge in [-0.3, -0.25) is 4.79 Å². The predicted molar refractivity (Wildman–Crippen MR) is 77.4 cm³/mol. The van der Waals surface area contributed by atoms with E-state index in [-0.39, 0.29) is 11.9 Å². The molecule has 0 heterocycles. The molecule has 5 heteroatoms. The van der Waals surface area contributed by atoms with Crippen LogP contribution in [-0.2, 0) is 16.1 Å². The van der Waals surface area contributed by atoms with Crippen LogP contribution in [0, 0.1) is 0 Å². The molecule has 0 aliphatic carbocycles. The van der Waals surface area contributed by atoms with Crippen molar-refractivity contribution in [3.8, 4) is 0 Å². The van der Waals surface area contributed by atoms with Crippen LogP contribution in [0.15, 0.2) is 24.3 Å². The standard InChI is InChI=1S/C15H22N2O3/c1-5-17-15(2,3)14(19)16-10-11-6-8-12(9-7-11)13(18)20-4/h6-9,17H,5,10H2,1-4H3,(H,16,19). The second-order valence-electron chi connectivity index (χ2n) is 5.03. The third-order valence-electron chi connectivity index (χ3n) is 3.01. The molecule has 0 aliphatic rings. The highest BCUT2D eigenvalue weighted by Crippen LogP contribution is 2.07. The molecular weight excluding hydrogens is 256 g/mol. The molecule has 1 amide bonds. The van der Waals surface area contributed by atoms with E-state index < -0.39 is 5.54 Å². The van der Waals surface area contributed by atoms with Crippen molar-refractivity contribution in [2.24, 2.45) is 0 Å². The Bertz CT molecular complexity index is 467. The van der Waals surface area contributed by atoms with Gasteiger partial charge in [0.1, 0.15) is 0 Å². The average Bonchev–Trinajstić information content (AvgIpc) is 2.44. The van der Waals surface area contributed by atoms with Crippen molar-refractivity contribution >= 4 is 11.9 Å². The molecule has 1 rings (SSSR count). The van der Waals surface area contributed by atoms with E-state index in [9.17, 15) is 9.59 Å². The van der Waals surface area contributed by atoms with Gasteiger partial charge in [0, 0.05) is 6.54 Å². The zero-order valence-corrected chi connectivity index (χ0v) is 12.4. The summed E-state index contributed by atoms with van der Waals surface area (Å²) in [7, 11) is 1.35. The summed E-state index contributed by atoms with van der Waals surface area (Å²) in [5, 5.41) is 5.99. The minimum atomic E-state index is -0.597. The third kappa shape index (κ3) is 4.35. The summed E-state index contributed by atoms with van der Waals surface area (Å²) in [5.74, 6) is -0.426. The normalized spacial score (nSPS) is 11.0. The molecule has 0 unspecified atom stereocenters. The summed E-state index contributed by atoms with van der Waals surface area (Å²) in [6, 6.07) is 6.96. The third-order valence-corrected chi connectivity index (χ3v) is 3.01. The van der Waals surface area contributed by atoms with Crippen LogP contribution in [0.3, 0.4) is 0 Å². The van der Waals surface area contributed by atoms with Gasteiger partial charge in [-0.05, 0) is 38.1 Å². The number of likely N-dealkylation sites (N-methyl/N-ethyl adjacent to an activating group) is 1. The molecular formula is C15H22N2O3. The number of nitrogens with one attached hydrogen (secondary N) is 2. The van der Waals surface area contributed by atoms with Gasteiger partial charge in [-0.2, -0.15) is 0 Å². The van der Waals surface area contributed by atoms with Gasteiger partial charge in [0.2, 0.25) is 5.91 Å². The van der Waals surface area contributed by atoms with Crippen molar-refractivity contribution in [3.63, 3.8) is 0 Å². The van der Waals surface area contributed by atoms with Crippen molar-refractivity contribution < 1.29 is 14.3 Å². The Hall–Kier alpha value is -1.88. The zero-order chi connectivity index (χ0) is 15.2. The Labute approximate surface area is 119 Å². The van der Waals surface area contributed by atoms with Crippen molar-refractivity contribution in [2.45, 2.75) is 32.9 Å². The van der Waals surface area contributed by atoms with Crippen molar-refractivity contribution in [1.29, 1.82) is 0 Å². The van der Waals surface area contributed by atoms with E-state index >= 15 is 0 Å². The van der Waals surface area contributed by atoms with Crippen LogP contribution in [0.25, 0.3) is 0 Å². The Kier molecular flexibility index (Phi) is 5.70. The molecule has 0 aliphatic heterocycles. The highest BCUT2D eigenvalue weighted by Gasteiger charge is 2.25. The van der Waals surface area contributed by atoms with Gasteiger partial charge in [-0.1, -0.05) is 19.1 Å². The predicted octanol–water partition coefficient (Wildman–Crippen LogP) is 1.48. The molecule has 1 aromatic carbocycles. The van der Waals surface area contributed by atoms with Gasteiger partial charge in [-0.15, -0.1) is 0 Å². The topological polar surface area (TPSA) is 67.4 Å². The van der Waals surface area contributed by atoms with Crippen molar-refractivity contribution in [3.05, 3.63) is 35.4 Å². The lowest BCUT2D eigenvalue weighted by Gasteiger charge is -2.24. The monoisotopic (exact) mass is 278 g/mol. The van der Waals surface area contributed by atoms with E-state index in [1.807, 2.05) is 20.8 Å². The van der Waals surface area contributed by atoms with Crippen molar-refractivity contribution in [1.82, 2.24) is 10.6 Å². The van der Waals surface area contributed by atoms with E-state index in [2.05, 4.69) is 15.4 Å². The van der Waals surface area contributed by atoms with Crippen LogP contribution < -0.4 is 10.6 Å². The number of esters is 1. The lowest BCUT2D eigenvalue weighted by atomic mass is 10.0. The SMILES string of the molecule is CCNC(C)(C)C(=O)NCc1ccc(C(=O)OC)cc1. The number of hydrogen-bond acceptors (Lipinski definition) is 4. The van der Waals surface area contributed by atoms with Gasteiger partial charge in [-0.25, -0.2) is 4.79 Å². The molecule has 2 N–H and O–H groups in total. The largest absolute Gasteiger partial charge is 0.465 e. The molecule has 0 aromatic heterocycles. The first-order valence-electron chi connectivity index (χ1n) is 6.61. The number of carbonyl (C=O) groups excluding carboxylic acids is 2. The maximum atomic E-state index is 12.0. The van der Waals surface area contributed by atoms with E-state index in [0.29, 0.717) is 12.1 Å². The van der Waals surface area contributed by atoms with Crippen LogP contribution in [0.5, 0.6) is 0 Å². The number of carbonyl (C=O) groups is 2. The lowest BCUT2D eigenvalue weighted by molar-refractivity contribution is -0.126. The van der Waals surface area contributed by atoms with E-state index in [0.717, 1.165) is 12.1 Å². The number of ether oxygens (including phenoxy) is 1. The van der Waals surface area contributed by atoms with Crippen LogP contribution in [0.1, 0.15) is 36.7 Å². The van der Waals surface area contributed by atoms with Gasteiger partial charge >= 0.3 is 5.97 Å². The molecule has 110 valence electrons. The minimum absolute atomic E-state index is 0.0589. The van der Waals surface area contributed by atoms with Crippen LogP contribution in [-0.4, -0.2) is 31.1 Å². The maximum Gasteiger partial charge on any atom is 0.337 e. The number of benzene rings is 1. The lowest BCUT2D eigenvalue weighted by Crippen LogP contribution is -2.52. The molecule has 0 bridgehead atoms. The molecule has 20 heavy (non-hydrogen) atoms. The summed E-state index contributed by atoms with van der Waals surface area (Å²) in [6.07, 6.45) is 0. The maximum absolute atomic E-state index is 12.0. The molecule has 1 aromatic rings. The van der Waals surface area contributed by atoms with Crippen LogP contribution in [0.2, 0.25) is 0 Å². The van der Waals surface area contributed by atoms with E-state index in [1.165, 1.54) is 7.11 Å². The van der Waals surface area contributed by atoms with Gasteiger partial charge in [0.05, 0.1) is 18.2 Å². The number of hydrogen-bond donors (Lipinski definition) is 2. The first kappa shape index (κ1) is 16.2. The molecule has 0 atom stereocenters. The fourth-order valence-corrected chi connectivity index (χ4v) is 1.80. The summed E-state index contributed by atoms with van der Waals surface area (Å²) in [4.78, 5) is 23.3. The average molecular weight is 278 g/mol. The summed E-state index contributed by atoms with van der Waals surface area (Å²) < 4.78 is 4.63. The van der Waals surface area contributed by atoms with Gasteiger partial charge < -0.3 is 15.4 Å². The number of methoxy groups -OCH3 is 1. The molecule has 0 saturated carbocycles. The fraction of sp³-hybridized carbons (Fsp3) is 0.467. The molecule has 0 saturated heterocycles. The Morgan fingerprint density at radius 3 is 2.30 bits per heavy atom. The Morgan fingerprint density at radius 1 is 1.20 bits per heavy atom. The van der Waals surface area contributed by atoms with E-state index in [4.69, 9.17) is 0 Å². The molecule has 0 fully saturated rings. The molecule has 0 radical (unpaired) electrons. The summed E-state index contributed by atoms with van der Waals surface area (Å²) in [6.45, 7) is 6.79. The summed E-state index contributed by atoms with van der Waals surface area (Å²) >= 11 is 0. The Balaban J connectivity index is 2.58. The van der Waals surface area contributed by atoms with Gasteiger partial charge in [0.15, 0.2) is 0 Å². The Morgan fingerprint density at radius 2 is 1.80 bits per heavy atom. The summed E-state index contributed by atoms with van der Waals surface area (Å²) in [5.41, 5.74) is 0.828. The van der Waals surface area contributed by atoms with Crippen LogP contribution in [0.4, 0.5) is 0 Å². The highest BCUT2D eigenvalue weighted by atomic mass is 16.5. The van der Waals surface area contributed by atoms with Crippen LogP contribution >= 0.6 is 0 Å². The van der Waals surface area contributed by atoms with Crippen molar-refractivity contribution in [2.75, 3.05) is 13.7 Å². The first-order valence-corrected chi connectivity index (χ1v) is 6.61. The number of amides is 1. The zero-order valence-electron chi connectivity index (χ0n) is 12.4. The quantitative estimate of drug-likeness (QED) is 0.773. The minimum Gasteiger partial charge on any atom is -0.465 e. The fourth-order valence-electron chi connectivity index (χ4n) is 1.80. The second kappa shape index (κ2) is 7.05. The first-order chi connectivity index (χ1) is 9.40. The smallest absolute Gasteiger partial charge is 0.337 e. The highest BCUT2D eigenvalue weighted by molar-refractivity contribution is 5.89. The molecule has 5 nitrogen and oxygen atoms in total. The van der Waals surface area contributed by atoms with E-state index in [1.54, 1.807) is 24.3 Å². The molecule has 0 spiro atoms.